The van der Waals surface area contributed by atoms with E-state index in [0.29, 0.717) is 0 Å². The summed E-state index contributed by atoms with van der Waals surface area (Å²) in [5.41, 5.74) is 0. The minimum absolute atomic E-state index is 0. The molecule has 0 aliphatic heterocycles. The average Bonchev–Trinajstić information content (AvgIpc) is 2.51. The molecule has 0 heterocycles. The Kier molecular flexibility index (Phi) is 8.18. The Bertz CT molecular complexity index is 207. The first-order valence-corrected chi connectivity index (χ1v) is 9.45. The van der Waals surface area contributed by atoms with Crippen molar-refractivity contribution in [1.29, 1.82) is 0 Å². The van der Waals surface area contributed by atoms with Gasteiger partial charge in [0.25, 0.3) is 0 Å². The normalized spacial score (nSPS) is 27.0. The van der Waals surface area contributed by atoms with E-state index in [1.54, 1.807) is 77.0 Å². The van der Waals surface area contributed by atoms with Crippen LogP contribution in [0.2, 0.25) is 17.5 Å². The molecule has 20 heavy (non-hydrogen) atoms. The first-order valence-electron chi connectivity index (χ1n) is 9.45. The molecule has 0 aromatic heterocycles. The van der Waals surface area contributed by atoms with E-state index in [1.165, 1.54) is 19.3 Å². The fourth-order valence-corrected chi connectivity index (χ4v) is 5.71. The molecule has 1 radical (unpaired) electrons. The van der Waals surface area contributed by atoms with Crippen LogP contribution in [0.4, 0.5) is 0 Å². The molecule has 3 fully saturated rings. The first kappa shape index (κ1) is 17.5. The third-order valence-electron chi connectivity index (χ3n) is 6.58. The first-order chi connectivity index (χ1) is 9.45. The van der Waals surface area contributed by atoms with Crippen molar-refractivity contribution in [3.05, 3.63) is 0 Å². The van der Waals surface area contributed by atoms with Gasteiger partial charge in [-0.15, -0.1) is 0 Å². The van der Waals surface area contributed by atoms with Gasteiger partial charge in [-0.05, 0) is 0 Å². The molecule has 111 valence electrons. The summed E-state index contributed by atoms with van der Waals surface area (Å²) in [6, 6.07) is 0. The van der Waals surface area contributed by atoms with E-state index in [9.17, 15) is 0 Å². The molecule has 0 bridgehead atoms. The molecule has 3 saturated carbocycles. The summed E-state index contributed by atoms with van der Waals surface area (Å²) in [5, 5.41) is 0. The number of hydrogen-bond donors (Lipinski definition) is 0. The minimum Gasteiger partial charge on any atom is -0.0617 e. The fourth-order valence-electron chi connectivity index (χ4n) is 5.71. The Balaban J connectivity index is 0.00000147. The zero-order valence-electron chi connectivity index (χ0n) is 13.5. The van der Waals surface area contributed by atoms with Gasteiger partial charge in [0.05, 0.1) is 0 Å². The monoisotopic (exact) mass is 349 g/mol. The van der Waals surface area contributed by atoms with Gasteiger partial charge in [-0.1, -0.05) is 114 Å². The van der Waals surface area contributed by atoms with E-state index in [1.807, 2.05) is 0 Å². The fraction of sp³-hybridized carbons (Fsp3) is 1.00. The van der Waals surface area contributed by atoms with Crippen LogP contribution in [0.1, 0.15) is 96.3 Å². The third-order valence-corrected chi connectivity index (χ3v) is 6.58. The van der Waals surface area contributed by atoms with E-state index in [-0.39, 0.29) is 32.7 Å². The number of hydrogen-bond acceptors (Lipinski definition) is 0. The maximum absolute atomic E-state index is 1.58. The van der Waals surface area contributed by atoms with Crippen LogP contribution in [-0.2, 0) is 32.7 Å². The second kappa shape index (κ2) is 9.34. The van der Waals surface area contributed by atoms with Crippen LogP contribution in [0.25, 0.3) is 0 Å². The number of rotatable bonds is 3. The Morgan fingerprint density at radius 1 is 0.400 bits per heavy atom. The smallest absolute Gasteiger partial charge is 0.0617 e. The van der Waals surface area contributed by atoms with Crippen LogP contribution in [0.3, 0.4) is 0 Å². The van der Waals surface area contributed by atoms with Gasteiger partial charge in [-0.2, -0.15) is 0 Å². The summed E-state index contributed by atoms with van der Waals surface area (Å²) in [6.07, 6.45) is 23.3. The molecule has 0 aromatic rings. The van der Waals surface area contributed by atoms with Gasteiger partial charge in [-0.3, -0.25) is 0 Å². The molecule has 0 saturated heterocycles. The third kappa shape index (κ3) is 4.58. The summed E-state index contributed by atoms with van der Waals surface area (Å²) in [5.74, 6) is 3.37. The van der Waals surface area contributed by atoms with Gasteiger partial charge in [0.15, 0.2) is 0 Å². The maximum atomic E-state index is 1.58. The molecule has 0 nitrogen and oxygen atoms in total. The summed E-state index contributed by atoms with van der Waals surface area (Å²) < 4.78 is 0. The molecular formula is C18H33BY. The molecule has 3 rings (SSSR count). The summed E-state index contributed by atoms with van der Waals surface area (Å²) in [4.78, 5) is 0. The molecule has 3 aliphatic rings. The summed E-state index contributed by atoms with van der Waals surface area (Å²) >= 11 is 0. The predicted molar refractivity (Wildman–Crippen MR) is 86.3 cm³/mol. The predicted octanol–water partition coefficient (Wildman–Crippen LogP) is 6.48. The largest absolute Gasteiger partial charge is 0.149 e. The van der Waals surface area contributed by atoms with E-state index in [4.69, 9.17) is 0 Å². The van der Waals surface area contributed by atoms with Gasteiger partial charge < -0.3 is 0 Å². The van der Waals surface area contributed by atoms with Crippen molar-refractivity contribution in [3.63, 3.8) is 0 Å². The Morgan fingerprint density at radius 3 is 0.900 bits per heavy atom. The molecule has 0 amide bonds. The standard InChI is InChI=1S/C18H33B.Y/c1-4-10-16(11-5-1)19(17-12-6-2-7-13-17)18-14-8-3-9-15-18;/h16-18H,1-15H2;. The van der Waals surface area contributed by atoms with E-state index in [2.05, 4.69) is 0 Å². The molecule has 0 unspecified atom stereocenters. The molecule has 0 spiro atoms. The molecule has 2 heteroatoms. The zero-order chi connectivity index (χ0) is 12.9. The Labute approximate surface area is 152 Å². The van der Waals surface area contributed by atoms with Gasteiger partial charge in [-0.25, -0.2) is 0 Å². The Hall–Kier alpha value is 1.17. The van der Waals surface area contributed by atoms with Gasteiger partial charge in [0.2, 0.25) is 0 Å². The summed E-state index contributed by atoms with van der Waals surface area (Å²) in [7, 11) is 0. The van der Waals surface area contributed by atoms with Crippen LogP contribution < -0.4 is 0 Å². The van der Waals surface area contributed by atoms with Crippen LogP contribution in [0, 0.1) is 0 Å². The average molecular weight is 349 g/mol. The molecular weight excluding hydrogens is 316 g/mol. The van der Waals surface area contributed by atoms with Gasteiger partial charge in [0, 0.05) is 32.7 Å². The van der Waals surface area contributed by atoms with Crippen molar-refractivity contribution >= 4 is 6.71 Å². The second-order valence-electron chi connectivity index (χ2n) is 7.77. The summed E-state index contributed by atoms with van der Waals surface area (Å²) in [6.45, 7) is 1.14. The van der Waals surface area contributed by atoms with Crippen molar-refractivity contribution in [2.45, 2.75) is 114 Å². The van der Waals surface area contributed by atoms with E-state index in [0.717, 1.165) is 24.2 Å². The second-order valence-corrected chi connectivity index (χ2v) is 7.77. The SMILES string of the molecule is C1CCC(B(C2CCCCC2)C2CCCCC2)CC1.[Y]. The van der Waals surface area contributed by atoms with E-state index < -0.39 is 0 Å². The quantitative estimate of drug-likeness (QED) is 0.512. The van der Waals surface area contributed by atoms with Crippen LogP contribution in [0.15, 0.2) is 0 Å². The van der Waals surface area contributed by atoms with Crippen molar-refractivity contribution < 1.29 is 32.7 Å². The van der Waals surface area contributed by atoms with Crippen molar-refractivity contribution in [2.24, 2.45) is 0 Å². The van der Waals surface area contributed by atoms with Crippen molar-refractivity contribution in [2.75, 3.05) is 0 Å². The topological polar surface area (TPSA) is 0 Å². The molecule has 0 atom stereocenters. The van der Waals surface area contributed by atoms with Gasteiger partial charge in [0.1, 0.15) is 6.71 Å². The van der Waals surface area contributed by atoms with Gasteiger partial charge >= 0.3 is 0 Å². The zero-order valence-corrected chi connectivity index (χ0v) is 16.3. The van der Waals surface area contributed by atoms with Crippen LogP contribution >= 0.6 is 0 Å². The van der Waals surface area contributed by atoms with Crippen molar-refractivity contribution in [3.8, 4) is 0 Å². The minimum atomic E-state index is 0. The maximum Gasteiger partial charge on any atom is 0.149 e. The van der Waals surface area contributed by atoms with Crippen molar-refractivity contribution in [1.82, 2.24) is 0 Å². The van der Waals surface area contributed by atoms with E-state index >= 15 is 0 Å². The molecule has 3 aliphatic carbocycles. The molecule has 0 aromatic carbocycles. The van der Waals surface area contributed by atoms with Crippen LogP contribution in [0.5, 0.6) is 0 Å². The van der Waals surface area contributed by atoms with Crippen LogP contribution in [-0.4, -0.2) is 6.71 Å². The molecule has 0 N–H and O–H groups in total. The Morgan fingerprint density at radius 2 is 0.650 bits per heavy atom.